The Balaban J connectivity index is 1.67. The van der Waals surface area contributed by atoms with Gasteiger partial charge in [-0.1, -0.05) is 63.2 Å². The molecule has 0 saturated heterocycles. The lowest BCUT2D eigenvalue weighted by atomic mass is 9.86. The average Bonchev–Trinajstić information content (AvgIpc) is 3.17. The topological polar surface area (TPSA) is 47.1 Å². The molecule has 0 radical (unpaired) electrons. The average molecular weight is 465 g/mol. The molecule has 2 N–H and O–H groups in total. The Morgan fingerprint density at radius 2 is 1.54 bits per heavy atom. The fraction of sp³-hybridized carbons (Fsp3) is 0.323. The number of rotatable bonds is 3. The summed E-state index contributed by atoms with van der Waals surface area (Å²) in [5.41, 5.74) is 19.4. The molecule has 35 heavy (non-hydrogen) atoms. The van der Waals surface area contributed by atoms with E-state index in [9.17, 15) is 0 Å². The Bertz CT molecular complexity index is 1370. The van der Waals surface area contributed by atoms with E-state index < -0.39 is 0 Å². The summed E-state index contributed by atoms with van der Waals surface area (Å²) in [7, 11) is 0. The Morgan fingerprint density at radius 1 is 0.857 bits per heavy atom. The van der Waals surface area contributed by atoms with E-state index in [1.165, 1.54) is 50.6 Å². The highest BCUT2D eigenvalue weighted by Gasteiger charge is 2.28. The molecule has 3 aromatic carbocycles. The lowest BCUT2D eigenvalue weighted by molar-refractivity contribution is 0.589. The molecule has 0 fully saturated rings. The van der Waals surface area contributed by atoms with Gasteiger partial charge in [0.25, 0.3) is 0 Å². The van der Waals surface area contributed by atoms with Gasteiger partial charge in [0.1, 0.15) is 0 Å². The van der Waals surface area contributed by atoms with Crippen molar-refractivity contribution in [1.82, 2.24) is 9.78 Å². The molecule has 0 aliphatic carbocycles. The molecule has 0 bridgehead atoms. The number of para-hydroxylation sites is 1. The zero-order chi connectivity index (χ0) is 24.9. The van der Waals surface area contributed by atoms with Crippen molar-refractivity contribution in [3.63, 3.8) is 0 Å². The van der Waals surface area contributed by atoms with Crippen molar-refractivity contribution in [2.45, 2.75) is 59.9 Å². The quantitative estimate of drug-likeness (QED) is 0.335. The van der Waals surface area contributed by atoms with Gasteiger partial charge in [-0.3, -0.25) is 0 Å². The van der Waals surface area contributed by atoms with E-state index in [2.05, 4.69) is 99.7 Å². The molecule has 1 aliphatic rings. The van der Waals surface area contributed by atoms with E-state index in [0.717, 1.165) is 30.8 Å². The Hall–Kier alpha value is -3.53. The summed E-state index contributed by atoms with van der Waals surface area (Å²) >= 11 is 0. The number of hydrogen-bond acceptors (Lipinski definition) is 3. The molecule has 4 heteroatoms. The van der Waals surface area contributed by atoms with Gasteiger partial charge in [-0.25, -0.2) is 4.68 Å². The molecule has 2 heterocycles. The van der Waals surface area contributed by atoms with E-state index in [1.54, 1.807) is 0 Å². The first-order valence-electron chi connectivity index (χ1n) is 12.5. The van der Waals surface area contributed by atoms with E-state index in [4.69, 9.17) is 10.8 Å². The van der Waals surface area contributed by atoms with Gasteiger partial charge in [0, 0.05) is 42.0 Å². The van der Waals surface area contributed by atoms with Crippen LogP contribution in [0.4, 0.5) is 11.4 Å². The second-order valence-electron chi connectivity index (χ2n) is 11.0. The summed E-state index contributed by atoms with van der Waals surface area (Å²) in [6, 6.07) is 21.6. The van der Waals surface area contributed by atoms with Crippen LogP contribution in [0.3, 0.4) is 0 Å². The Morgan fingerprint density at radius 3 is 2.20 bits per heavy atom. The van der Waals surface area contributed by atoms with Crippen molar-refractivity contribution in [2.24, 2.45) is 0 Å². The van der Waals surface area contributed by atoms with Crippen LogP contribution < -0.4 is 10.6 Å². The van der Waals surface area contributed by atoms with Gasteiger partial charge in [0.05, 0.1) is 17.1 Å². The monoisotopic (exact) mass is 464 g/mol. The van der Waals surface area contributed by atoms with Crippen LogP contribution in [-0.4, -0.2) is 16.3 Å². The lowest BCUT2D eigenvalue weighted by Gasteiger charge is -2.32. The van der Waals surface area contributed by atoms with Crippen molar-refractivity contribution in [2.75, 3.05) is 17.2 Å². The SMILES string of the molecule is Cc1ccc(C(C)(C)C)cc1N1CCc2nn(-c3c(C)cccc3C)c(-c3ccc(N)cc3)c2C1. The maximum Gasteiger partial charge on any atom is 0.0794 e. The van der Waals surface area contributed by atoms with Crippen LogP contribution in [0.2, 0.25) is 0 Å². The predicted molar refractivity (Wildman–Crippen MR) is 148 cm³/mol. The minimum absolute atomic E-state index is 0.117. The predicted octanol–water partition coefficient (Wildman–Crippen LogP) is 6.91. The molecule has 1 aliphatic heterocycles. The molecule has 1 aromatic heterocycles. The number of nitrogen functional groups attached to an aromatic ring is 1. The van der Waals surface area contributed by atoms with E-state index in [-0.39, 0.29) is 5.41 Å². The summed E-state index contributed by atoms with van der Waals surface area (Å²) in [6.45, 7) is 15.2. The molecule has 0 unspecified atom stereocenters. The van der Waals surface area contributed by atoms with Gasteiger partial charge in [0.15, 0.2) is 0 Å². The fourth-order valence-electron chi connectivity index (χ4n) is 5.23. The lowest BCUT2D eigenvalue weighted by Crippen LogP contribution is -2.31. The number of aryl methyl sites for hydroxylation is 3. The molecule has 5 rings (SSSR count). The van der Waals surface area contributed by atoms with Crippen LogP contribution in [-0.2, 0) is 18.4 Å². The summed E-state index contributed by atoms with van der Waals surface area (Å²) in [4.78, 5) is 2.53. The van der Waals surface area contributed by atoms with E-state index in [0.29, 0.717) is 0 Å². The Labute approximate surface area is 209 Å². The summed E-state index contributed by atoms with van der Waals surface area (Å²) in [5, 5.41) is 5.21. The van der Waals surface area contributed by atoms with Crippen LogP contribution >= 0.6 is 0 Å². The van der Waals surface area contributed by atoms with Crippen molar-refractivity contribution in [3.8, 4) is 16.9 Å². The standard InChI is InChI=1S/C31H36N4/c1-20-10-13-24(31(4,5)6)18-28(20)34-17-16-27-26(19-34)30(23-11-14-25(32)15-12-23)35(33-27)29-21(2)8-7-9-22(29)3/h7-15,18H,16-17,19,32H2,1-6H3. The molecule has 180 valence electrons. The van der Waals surface area contributed by atoms with Crippen LogP contribution in [0.5, 0.6) is 0 Å². The maximum atomic E-state index is 6.05. The van der Waals surface area contributed by atoms with Crippen molar-refractivity contribution < 1.29 is 0 Å². The first-order chi connectivity index (χ1) is 16.6. The normalized spacial score (nSPS) is 13.7. The highest BCUT2D eigenvalue weighted by atomic mass is 15.3. The number of hydrogen-bond donors (Lipinski definition) is 1. The summed E-state index contributed by atoms with van der Waals surface area (Å²) in [5.74, 6) is 0. The molecular weight excluding hydrogens is 428 g/mol. The second kappa shape index (κ2) is 8.60. The number of fused-ring (bicyclic) bond motifs is 1. The maximum absolute atomic E-state index is 6.05. The zero-order valence-corrected chi connectivity index (χ0v) is 21.8. The van der Waals surface area contributed by atoms with Crippen molar-refractivity contribution >= 4 is 11.4 Å². The van der Waals surface area contributed by atoms with Gasteiger partial charge < -0.3 is 10.6 Å². The summed E-state index contributed by atoms with van der Waals surface area (Å²) < 4.78 is 2.18. The van der Waals surface area contributed by atoms with Gasteiger partial charge in [-0.15, -0.1) is 0 Å². The Kier molecular flexibility index (Phi) is 5.71. The number of nitrogens with zero attached hydrogens (tertiary/aromatic N) is 3. The molecule has 4 nitrogen and oxygen atoms in total. The molecule has 4 aromatic rings. The highest BCUT2D eigenvalue weighted by Crippen LogP contribution is 2.37. The van der Waals surface area contributed by atoms with Crippen LogP contribution in [0, 0.1) is 20.8 Å². The largest absolute Gasteiger partial charge is 0.399 e. The van der Waals surface area contributed by atoms with Gasteiger partial charge in [-0.05, 0) is 66.6 Å². The van der Waals surface area contributed by atoms with Crippen LogP contribution in [0.1, 0.15) is 54.3 Å². The molecule has 0 amide bonds. The van der Waals surface area contributed by atoms with Gasteiger partial charge in [0.2, 0.25) is 0 Å². The molecule has 0 spiro atoms. The first kappa shape index (κ1) is 23.2. The van der Waals surface area contributed by atoms with E-state index in [1.807, 2.05) is 12.1 Å². The van der Waals surface area contributed by atoms with Crippen molar-refractivity contribution in [1.29, 1.82) is 0 Å². The van der Waals surface area contributed by atoms with E-state index >= 15 is 0 Å². The van der Waals surface area contributed by atoms with Crippen molar-refractivity contribution in [3.05, 3.63) is 94.2 Å². The third kappa shape index (κ3) is 4.22. The summed E-state index contributed by atoms with van der Waals surface area (Å²) in [6.07, 6.45) is 0.925. The van der Waals surface area contributed by atoms with Crippen LogP contribution in [0.25, 0.3) is 16.9 Å². The second-order valence-corrected chi connectivity index (χ2v) is 11.0. The smallest absolute Gasteiger partial charge is 0.0794 e. The molecular formula is C31H36N4. The van der Waals surface area contributed by atoms with Gasteiger partial charge in [-0.2, -0.15) is 5.10 Å². The third-order valence-corrected chi connectivity index (χ3v) is 7.29. The number of anilines is 2. The molecule has 0 saturated carbocycles. The highest BCUT2D eigenvalue weighted by molar-refractivity contribution is 5.71. The van der Waals surface area contributed by atoms with Gasteiger partial charge >= 0.3 is 0 Å². The number of aromatic nitrogens is 2. The minimum Gasteiger partial charge on any atom is -0.399 e. The first-order valence-corrected chi connectivity index (χ1v) is 12.5. The fourth-order valence-corrected chi connectivity index (χ4v) is 5.23. The zero-order valence-electron chi connectivity index (χ0n) is 21.8. The number of benzene rings is 3. The molecule has 0 atom stereocenters. The van der Waals surface area contributed by atoms with Crippen LogP contribution in [0.15, 0.2) is 60.7 Å². The third-order valence-electron chi connectivity index (χ3n) is 7.29. The minimum atomic E-state index is 0.117. The number of nitrogens with two attached hydrogens (primary N) is 1.